The van der Waals surface area contributed by atoms with Gasteiger partial charge < -0.3 is 4.74 Å². The van der Waals surface area contributed by atoms with Crippen LogP contribution in [0, 0.1) is 24.4 Å². The van der Waals surface area contributed by atoms with Crippen molar-refractivity contribution in [2.75, 3.05) is 0 Å². The van der Waals surface area contributed by atoms with Crippen LogP contribution < -0.4 is 4.74 Å². The van der Waals surface area contributed by atoms with Crippen molar-refractivity contribution in [2.24, 2.45) is 0 Å². The SMILES string of the molecule is [CH2]C1Cc2cc(F)cc(-c3ccc(F)cc3F)c2O1. The van der Waals surface area contributed by atoms with Gasteiger partial charge >= 0.3 is 0 Å². The summed E-state index contributed by atoms with van der Waals surface area (Å²) < 4.78 is 45.8. The molecule has 1 heterocycles. The highest BCUT2D eigenvalue weighted by molar-refractivity contribution is 5.73. The minimum absolute atomic E-state index is 0.117. The maximum atomic E-state index is 13.8. The number of fused-ring (bicyclic) bond motifs is 1. The second kappa shape index (κ2) is 4.30. The van der Waals surface area contributed by atoms with Crippen molar-refractivity contribution in [3.63, 3.8) is 0 Å². The van der Waals surface area contributed by atoms with Gasteiger partial charge in [0.05, 0.1) is 0 Å². The lowest BCUT2D eigenvalue weighted by atomic mass is 10.00. The van der Waals surface area contributed by atoms with Crippen molar-refractivity contribution < 1.29 is 17.9 Å². The molecule has 0 spiro atoms. The van der Waals surface area contributed by atoms with Gasteiger partial charge in [-0.25, -0.2) is 13.2 Å². The van der Waals surface area contributed by atoms with Gasteiger partial charge in [-0.05, 0) is 31.2 Å². The van der Waals surface area contributed by atoms with Crippen LogP contribution in [0.4, 0.5) is 13.2 Å². The number of ether oxygens (including phenoxy) is 1. The second-order valence-corrected chi connectivity index (χ2v) is 4.51. The highest BCUT2D eigenvalue weighted by Crippen LogP contribution is 2.40. The van der Waals surface area contributed by atoms with E-state index in [0.29, 0.717) is 23.3 Å². The molecule has 1 radical (unpaired) electrons. The highest BCUT2D eigenvalue weighted by Gasteiger charge is 2.25. The summed E-state index contributed by atoms with van der Waals surface area (Å²) in [6.45, 7) is 3.75. The number of hydrogen-bond donors (Lipinski definition) is 0. The zero-order valence-corrected chi connectivity index (χ0v) is 9.92. The van der Waals surface area contributed by atoms with E-state index in [-0.39, 0.29) is 11.7 Å². The molecule has 2 aromatic rings. The van der Waals surface area contributed by atoms with E-state index < -0.39 is 17.5 Å². The Labute approximate surface area is 108 Å². The van der Waals surface area contributed by atoms with Crippen molar-refractivity contribution in [3.8, 4) is 16.9 Å². The predicted molar refractivity (Wildman–Crippen MR) is 65.2 cm³/mol. The highest BCUT2D eigenvalue weighted by atomic mass is 19.1. The van der Waals surface area contributed by atoms with Gasteiger partial charge in [0.15, 0.2) is 0 Å². The van der Waals surface area contributed by atoms with Gasteiger partial charge in [-0.2, -0.15) is 0 Å². The Bertz CT molecular complexity index is 652. The summed E-state index contributed by atoms with van der Waals surface area (Å²) in [6, 6.07) is 5.72. The molecule has 0 saturated heterocycles. The van der Waals surface area contributed by atoms with Gasteiger partial charge in [0.25, 0.3) is 0 Å². The van der Waals surface area contributed by atoms with E-state index in [9.17, 15) is 13.2 Å². The van der Waals surface area contributed by atoms with E-state index in [1.165, 1.54) is 18.2 Å². The summed E-state index contributed by atoms with van der Waals surface area (Å²) in [5.74, 6) is -1.48. The van der Waals surface area contributed by atoms with Gasteiger partial charge in [-0.1, -0.05) is 0 Å². The van der Waals surface area contributed by atoms with Crippen LogP contribution in [0.25, 0.3) is 11.1 Å². The van der Waals surface area contributed by atoms with Crippen molar-refractivity contribution in [1.29, 1.82) is 0 Å². The standard InChI is InChI=1S/C15H10F3O/c1-8-4-9-5-11(17)6-13(15(9)19-8)12-3-2-10(16)7-14(12)18/h2-3,5-8H,1,4H2. The summed E-state index contributed by atoms with van der Waals surface area (Å²) in [6.07, 6.45) is 0.155. The van der Waals surface area contributed by atoms with Crippen molar-refractivity contribution >= 4 is 0 Å². The van der Waals surface area contributed by atoms with Crippen molar-refractivity contribution in [3.05, 3.63) is 60.3 Å². The third kappa shape index (κ3) is 2.07. The average molecular weight is 263 g/mol. The van der Waals surface area contributed by atoms with Gasteiger partial charge in [-0.15, -0.1) is 0 Å². The van der Waals surface area contributed by atoms with Crippen LogP contribution in [0.1, 0.15) is 5.56 Å². The molecule has 2 aromatic carbocycles. The molecular formula is C15H10F3O. The first-order chi connectivity index (χ1) is 9.04. The molecule has 1 aliphatic heterocycles. The number of hydrogen-bond acceptors (Lipinski definition) is 1. The largest absolute Gasteiger partial charge is 0.489 e. The third-order valence-electron chi connectivity index (χ3n) is 3.08. The lowest BCUT2D eigenvalue weighted by Crippen LogP contribution is -2.06. The first-order valence-electron chi connectivity index (χ1n) is 5.82. The first-order valence-corrected chi connectivity index (χ1v) is 5.82. The van der Waals surface area contributed by atoms with Gasteiger partial charge in [0.2, 0.25) is 0 Å². The van der Waals surface area contributed by atoms with Gasteiger partial charge in [0, 0.05) is 29.2 Å². The fourth-order valence-electron chi connectivity index (χ4n) is 2.30. The summed E-state index contributed by atoms with van der Waals surface area (Å²) in [4.78, 5) is 0. The van der Waals surface area contributed by atoms with Crippen LogP contribution in [-0.4, -0.2) is 6.10 Å². The molecule has 1 aliphatic rings. The van der Waals surface area contributed by atoms with E-state index in [2.05, 4.69) is 6.92 Å². The Morgan fingerprint density at radius 1 is 1.00 bits per heavy atom. The molecule has 1 nitrogen and oxygen atoms in total. The average Bonchev–Trinajstić information content (AvgIpc) is 2.68. The Balaban J connectivity index is 2.21. The molecule has 1 atom stereocenters. The molecule has 0 aliphatic carbocycles. The minimum Gasteiger partial charge on any atom is -0.489 e. The summed E-state index contributed by atoms with van der Waals surface area (Å²) >= 11 is 0. The zero-order chi connectivity index (χ0) is 13.6. The van der Waals surface area contributed by atoms with Crippen LogP contribution in [0.2, 0.25) is 0 Å². The normalized spacial score (nSPS) is 17.2. The lowest BCUT2D eigenvalue weighted by molar-refractivity contribution is 0.282. The Hall–Kier alpha value is -1.97. The quantitative estimate of drug-likeness (QED) is 0.758. The molecule has 97 valence electrons. The second-order valence-electron chi connectivity index (χ2n) is 4.51. The van der Waals surface area contributed by atoms with E-state index in [1.54, 1.807) is 0 Å². The van der Waals surface area contributed by atoms with E-state index >= 15 is 0 Å². The zero-order valence-electron chi connectivity index (χ0n) is 9.92. The Kier molecular flexibility index (Phi) is 2.73. The minimum atomic E-state index is -0.746. The number of rotatable bonds is 1. The molecule has 1 unspecified atom stereocenters. The fraction of sp³-hybridized carbons (Fsp3) is 0.133. The maximum absolute atomic E-state index is 13.8. The fourth-order valence-corrected chi connectivity index (χ4v) is 2.30. The monoisotopic (exact) mass is 263 g/mol. The van der Waals surface area contributed by atoms with Crippen LogP contribution in [0.3, 0.4) is 0 Å². The molecule has 3 rings (SSSR count). The summed E-state index contributed by atoms with van der Waals surface area (Å²) in [5.41, 5.74) is 1.06. The lowest BCUT2D eigenvalue weighted by Gasteiger charge is -2.10. The molecule has 0 saturated carbocycles. The van der Waals surface area contributed by atoms with E-state index in [0.717, 1.165) is 12.1 Å². The molecule has 19 heavy (non-hydrogen) atoms. The molecule has 0 fully saturated rings. The third-order valence-corrected chi connectivity index (χ3v) is 3.08. The van der Waals surface area contributed by atoms with E-state index in [1.807, 2.05) is 0 Å². The number of benzene rings is 2. The van der Waals surface area contributed by atoms with Gasteiger partial charge in [-0.3, -0.25) is 0 Å². The van der Waals surface area contributed by atoms with E-state index in [4.69, 9.17) is 4.74 Å². The smallest absolute Gasteiger partial charge is 0.134 e. The first kappa shape index (κ1) is 12.1. The molecule has 0 N–H and O–H groups in total. The topological polar surface area (TPSA) is 9.23 Å². The van der Waals surface area contributed by atoms with Crippen LogP contribution in [0.5, 0.6) is 5.75 Å². The summed E-state index contributed by atoms with van der Waals surface area (Å²) in [7, 11) is 0. The van der Waals surface area contributed by atoms with Crippen molar-refractivity contribution in [1.82, 2.24) is 0 Å². The molecule has 0 bridgehead atoms. The molecule has 0 aromatic heterocycles. The molecule has 0 amide bonds. The van der Waals surface area contributed by atoms with Crippen LogP contribution >= 0.6 is 0 Å². The van der Waals surface area contributed by atoms with Crippen LogP contribution in [-0.2, 0) is 6.42 Å². The maximum Gasteiger partial charge on any atom is 0.134 e. The molecular weight excluding hydrogens is 253 g/mol. The van der Waals surface area contributed by atoms with Gasteiger partial charge in [0.1, 0.15) is 29.3 Å². The Morgan fingerprint density at radius 3 is 2.53 bits per heavy atom. The van der Waals surface area contributed by atoms with Crippen LogP contribution in [0.15, 0.2) is 30.3 Å². The predicted octanol–water partition coefficient (Wildman–Crippen LogP) is 3.91. The summed E-state index contributed by atoms with van der Waals surface area (Å²) in [5, 5.41) is 0. The molecule has 4 heteroatoms. The number of halogens is 3. The van der Waals surface area contributed by atoms with Crippen molar-refractivity contribution in [2.45, 2.75) is 12.5 Å². The Morgan fingerprint density at radius 2 is 1.79 bits per heavy atom.